The predicted molar refractivity (Wildman–Crippen MR) is 110 cm³/mol. The molecule has 4 aromatic rings. The van der Waals surface area contributed by atoms with Gasteiger partial charge in [0.15, 0.2) is 5.58 Å². The lowest BCUT2D eigenvalue weighted by atomic mass is 10.1. The first-order valence-electron chi connectivity index (χ1n) is 8.93. The van der Waals surface area contributed by atoms with Gasteiger partial charge in [-0.15, -0.1) is 0 Å². The average molecular weight is 399 g/mol. The second-order valence-corrected chi connectivity index (χ2v) is 7.46. The van der Waals surface area contributed by atoms with Crippen LogP contribution in [0.25, 0.3) is 22.0 Å². The monoisotopic (exact) mass is 398 g/mol. The van der Waals surface area contributed by atoms with Gasteiger partial charge in [-0.1, -0.05) is 11.6 Å². The summed E-state index contributed by atoms with van der Waals surface area (Å²) in [7, 11) is 0. The van der Waals surface area contributed by atoms with Crippen LogP contribution >= 0.6 is 11.6 Å². The summed E-state index contributed by atoms with van der Waals surface area (Å²) in [5.41, 5.74) is 2.19. The zero-order chi connectivity index (χ0) is 20.0. The molecule has 8 heteroatoms. The number of hydrogen-bond acceptors (Lipinski definition) is 5. The Bertz CT molecular complexity index is 1300. The van der Waals surface area contributed by atoms with Crippen molar-refractivity contribution in [3.63, 3.8) is 0 Å². The van der Waals surface area contributed by atoms with Crippen LogP contribution in [0, 0.1) is 0 Å². The van der Waals surface area contributed by atoms with Crippen molar-refractivity contribution in [2.45, 2.75) is 32.9 Å². The van der Waals surface area contributed by atoms with E-state index in [0.29, 0.717) is 27.5 Å². The van der Waals surface area contributed by atoms with Gasteiger partial charge in [-0.2, -0.15) is 0 Å². The Morgan fingerprint density at radius 1 is 1.18 bits per heavy atom. The Labute approximate surface area is 165 Å². The van der Waals surface area contributed by atoms with Crippen molar-refractivity contribution in [2.24, 2.45) is 0 Å². The lowest BCUT2D eigenvalue weighted by molar-refractivity contribution is 0.478. The van der Waals surface area contributed by atoms with Gasteiger partial charge in [0.2, 0.25) is 0 Å². The molecule has 0 aliphatic rings. The van der Waals surface area contributed by atoms with Crippen LogP contribution in [0.2, 0.25) is 5.02 Å². The molecule has 0 bridgehead atoms. The van der Waals surface area contributed by atoms with Gasteiger partial charge in [0.1, 0.15) is 5.82 Å². The number of H-pyrrole nitrogens is 1. The summed E-state index contributed by atoms with van der Waals surface area (Å²) in [5, 5.41) is 4.68. The zero-order valence-electron chi connectivity index (χ0n) is 15.6. The number of aromatic amines is 1. The van der Waals surface area contributed by atoms with Gasteiger partial charge in [0.25, 0.3) is 5.56 Å². The van der Waals surface area contributed by atoms with Crippen LogP contribution in [0.15, 0.2) is 50.5 Å². The molecule has 0 radical (unpaired) electrons. The second kappa shape index (κ2) is 6.83. The number of hydrogen-bond donors (Lipinski definition) is 2. The molecule has 0 unspecified atom stereocenters. The molecule has 3 aromatic heterocycles. The Morgan fingerprint density at radius 2 is 1.96 bits per heavy atom. The highest BCUT2D eigenvalue weighted by Gasteiger charge is 2.16. The van der Waals surface area contributed by atoms with Gasteiger partial charge in [0.05, 0.1) is 17.8 Å². The maximum Gasteiger partial charge on any atom is 0.420 e. The van der Waals surface area contributed by atoms with Crippen LogP contribution < -0.4 is 16.6 Å². The van der Waals surface area contributed by atoms with Crippen LogP contribution in [0.3, 0.4) is 0 Å². The van der Waals surface area contributed by atoms with Gasteiger partial charge in [-0.3, -0.25) is 9.36 Å². The van der Waals surface area contributed by atoms with Crippen LogP contribution in [0.1, 0.15) is 38.4 Å². The summed E-state index contributed by atoms with van der Waals surface area (Å²) in [5.74, 6) is 0.126. The van der Waals surface area contributed by atoms with Crippen molar-refractivity contribution < 1.29 is 4.42 Å². The molecule has 4 rings (SSSR count). The van der Waals surface area contributed by atoms with Crippen molar-refractivity contribution >= 4 is 39.4 Å². The highest BCUT2D eigenvalue weighted by Crippen LogP contribution is 2.23. The normalized spacial score (nSPS) is 12.8. The molecule has 0 aliphatic carbocycles. The smallest absolute Gasteiger partial charge is 0.406 e. The third-order valence-electron chi connectivity index (χ3n) is 4.68. The Hall–Kier alpha value is -3.06. The minimum atomic E-state index is -0.417. The largest absolute Gasteiger partial charge is 0.420 e. The molecule has 0 fully saturated rings. The first-order chi connectivity index (χ1) is 13.3. The van der Waals surface area contributed by atoms with Gasteiger partial charge >= 0.3 is 5.76 Å². The summed E-state index contributed by atoms with van der Waals surface area (Å²) in [4.78, 5) is 31.7. The fourth-order valence-electron chi connectivity index (χ4n) is 3.32. The molecule has 1 atom stereocenters. The molecular formula is C20H19ClN4O3. The highest BCUT2D eigenvalue weighted by molar-refractivity contribution is 6.31. The minimum Gasteiger partial charge on any atom is -0.406 e. The van der Waals surface area contributed by atoms with Gasteiger partial charge in [-0.05, 0) is 45.0 Å². The van der Waals surface area contributed by atoms with Crippen molar-refractivity contribution in [1.82, 2.24) is 14.5 Å². The van der Waals surface area contributed by atoms with E-state index in [-0.39, 0.29) is 17.6 Å². The molecule has 3 heterocycles. The molecule has 0 amide bonds. The molecule has 0 saturated carbocycles. The van der Waals surface area contributed by atoms with Gasteiger partial charge in [-0.25, -0.2) is 9.78 Å². The van der Waals surface area contributed by atoms with E-state index in [4.69, 9.17) is 16.0 Å². The summed E-state index contributed by atoms with van der Waals surface area (Å²) in [6.07, 6.45) is 1.51. The van der Waals surface area contributed by atoms with Crippen molar-refractivity contribution in [1.29, 1.82) is 0 Å². The van der Waals surface area contributed by atoms with Crippen molar-refractivity contribution in [3.05, 3.63) is 68.0 Å². The number of oxazole rings is 1. The summed E-state index contributed by atoms with van der Waals surface area (Å²) < 4.78 is 6.80. The SMILES string of the molecule is CC(C)n1c(=O)oc2cnc(N[C@@H](C)c3cc4cc(Cl)ccc4[nH]c3=O)cc21. The first kappa shape index (κ1) is 18.3. The summed E-state index contributed by atoms with van der Waals surface area (Å²) in [6, 6.07) is 8.53. The Morgan fingerprint density at radius 3 is 2.71 bits per heavy atom. The fraction of sp³-hybridized carbons (Fsp3) is 0.250. The van der Waals surface area contributed by atoms with E-state index < -0.39 is 5.76 Å². The molecule has 144 valence electrons. The van der Waals surface area contributed by atoms with Crippen molar-refractivity contribution in [2.75, 3.05) is 5.32 Å². The van der Waals surface area contributed by atoms with E-state index in [0.717, 1.165) is 10.9 Å². The number of nitrogens with one attached hydrogen (secondary N) is 2. The number of nitrogens with zero attached hydrogens (tertiary/aromatic N) is 2. The minimum absolute atomic E-state index is 0.0468. The molecular weight excluding hydrogens is 380 g/mol. The number of pyridine rings is 2. The number of benzene rings is 1. The predicted octanol–water partition coefficient (Wildman–Crippen LogP) is 4.24. The van der Waals surface area contributed by atoms with E-state index in [1.54, 1.807) is 28.8 Å². The Balaban J connectivity index is 1.72. The number of anilines is 1. The molecule has 2 N–H and O–H groups in total. The summed E-state index contributed by atoms with van der Waals surface area (Å²) >= 11 is 6.06. The number of aromatic nitrogens is 3. The molecule has 1 aromatic carbocycles. The average Bonchev–Trinajstić information content (AvgIpc) is 2.96. The van der Waals surface area contributed by atoms with Crippen LogP contribution in [0.5, 0.6) is 0 Å². The van der Waals surface area contributed by atoms with E-state index in [1.807, 2.05) is 26.8 Å². The van der Waals surface area contributed by atoms with E-state index in [1.165, 1.54) is 6.20 Å². The number of rotatable bonds is 4. The molecule has 0 spiro atoms. The fourth-order valence-corrected chi connectivity index (χ4v) is 3.50. The third kappa shape index (κ3) is 3.18. The molecule has 28 heavy (non-hydrogen) atoms. The Kier molecular flexibility index (Phi) is 4.47. The lowest BCUT2D eigenvalue weighted by Crippen LogP contribution is -2.20. The highest BCUT2D eigenvalue weighted by atomic mass is 35.5. The summed E-state index contributed by atoms with van der Waals surface area (Å²) in [6.45, 7) is 5.69. The van der Waals surface area contributed by atoms with Crippen LogP contribution in [-0.2, 0) is 0 Å². The number of fused-ring (bicyclic) bond motifs is 2. The van der Waals surface area contributed by atoms with Crippen LogP contribution in [-0.4, -0.2) is 14.5 Å². The van der Waals surface area contributed by atoms with Crippen LogP contribution in [0.4, 0.5) is 5.82 Å². The standard InChI is InChI=1S/C20H19ClN4O3/c1-10(2)25-16-8-18(22-9-17(16)28-20(25)27)23-11(3)14-7-12-6-13(21)4-5-15(12)24-19(14)26/h4-11H,1-3H3,(H,22,23)(H,24,26)/t11-/m0/s1. The molecule has 7 nitrogen and oxygen atoms in total. The maximum atomic E-state index is 12.5. The van der Waals surface area contributed by atoms with E-state index in [2.05, 4.69) is 15.3 Å². The zero-order valence-corrected chi connectivity index (χ0v) is 16.4. The molecule has 0 aliphatic heterocycles. The topological polar surface area (TPSA) is 92.9 Å². The quantitative estimate of drug-likeness (QED) is 0.536. The molecule has 0 saturated heterocycles. The maximum absolute atomic E-state index is 12.5. The number of halogens is 1. The van der Waals surface area contributed by atoms with Gasteiger partial charge < -0.3 is 14.7 Å². The third-order valence-corrected chi connectivity index (χ3v) is 4.92. The first-order valence-corrected chi connectivity index (χ1v) is 9.31. The second-order valence-electron chi connectivity index (χ2n) is 7.02. The van der Waals surface area contributed by atoms with Gasteiger partial charge in [0, 0.05) is 33.6 Å². The lowest BCUT2D eigenvalue weighted by Gasteiger charge is -2.15. The van der Waals surface area contributed by atoms with Crippen molar-refractivity contribution in [3.8, 4) is 0 Å². The van der Waals surface area contributed by atoms with E-state index in [9.17, 15) is 9.59 Å². The van der Waals surface area contributed by atoms with E-state index >= 15 is 0 Å².